The minimum absolute atomic E-state index is 0.353. The van der Waals surface area contributed by atoms with Crippen LogP contribution in [0.2, 0.25) is 0 Å². The van der Waals surface area contributed by atoms with Gasteiger partial charge in [-0.1, -0.05) is 13.0 Å². The number of para-hydroxylation sites is 1. The van der Waals surface area contributed by atoms with Crippen molar-refractivity contribution in [2.75, 3.05) is 0 Å². The maximum atomic E-state index is 9.88. The zero-order chi connectivity index (χ0) is 10.4. The fourth-order valence-electron chi connectivity index (χ4n) is 2.15. The van der Waals surface area contributed by atoms with E-state index in [0.29, 0.717) is 11.8 Å². The number of fused-ring (bicyclic) bond motifs is 1. The van der Waals surface area contributed by atoms with Crippen LogP contribution in [0.1, 0.15) is 31.6 Å². The lowest BCUT2D eigenvalue weighted by Gasteiger charge is -2.06. The molecule has 0 bridgehead atoms. The monoisotopic (exact) mass is 202 g/mol. The average molecular weight is 202 g/mol. The van der Waals surface area contributed by atoms with Crippen LogP contribution in [0.25, 0.3) is 11.0 Å². The first-order valence-electron chi connectivity index (χ1n) is 5.50. The Morgan fingerprint density at radius 2 is 2.27 bits per heavy atom. The summed E-state index contributed by atoms with van der Waals surface area (Å²) in [6.45, 7) is 2.11. The molecule has 1 aromatic heterocycles. The van der Waals surface area contributed by atoms with Crippen molar-refractivity contribution < 1.29 is 5.11 Å². The number of aromatic nitrogens is 2. The van der Waals surface area contributed by atoms with Crippen LogP contribution in [0.3, 0.4) is 0 Å². The van der Waals surface area contributed by atoms with E-state index in [4.69, 9.17) is 0 Å². The Morgan fingerprint density at radius 3 is 2.93 bits per heavy atom. The van der Waals surface area contributed by atoms with Crippen LogP contribution in [-0.4, -0.2) is 14.7 Å². The van der Waals surface area contributed by atoms with E-state index in [2.05, 4.69) is 16.5 Å². The number of rotatable bonds is 2. The highest BCUT2D eigenvalue weighted by Crippen LogP contribution is 2.40. The number of phenolic OH excluding ortho intramolecular Hbond substituents is 1. The highest BCUT2D eigenvalue weighted by molar-refractivity contribution is 5.82. The van der Waals surface area contributed by atoms with E-state index in [1.54, 1.807) is 6.07 Å². The normalized spacial score (nSPS) is 16.1. The molecule has 1 saturated carbocycles. The Kier molecular flexibility index (Phi) is 1.75. The molecule has 1 fully saturated rings. The SMILES string of the molecule is CCc1nc2cccc(O)c2n1C1CC1. The molecular weight excluding hydrogens is 188 g/mol. The number of hydrogen-bond donors (Lipinski definition) is 1. The molecule has 0 saturated heterocycles. The third-order valence-electron chi connectivity index (χ3n) is 2.99. The summed E-state index contributed by atoms with van der Waals surface area (Å²) < 4.78 is 2.21. The molecule has 1 aliphatic rings. The summed E-state index contributed by atoms with van der Waals surface area (Å²) in [5.41, 5.74) is 1.83. The molecule has 0 radical (unpaired) electrons. The molecule has 0 unspecified atom stereocenters. The van der Waals surface area contributed by atoms with E-state index in [9.17, 15) is 5.11 Å². The van der Waals surface area contributed by atoms with Gasteiger partial charge in [-0.25, -0.2) is 4.98 Å². The predicted octanol–water partition coefficient (Wildman–Crippen LogP) is 2.64. The second-order valence-corrected chi connectivity index (χ2v) is 4.13. The Bertz CT molecular complexity index is 512. The lowest BCUT2D eigenvalue weighted by atomic mass is 10.3. The van der Waals surface area contributed by atoms with Gasteiger partial charge < -0.3 is 9.67 Å². The van der Waals surface area contributed by atoms with Gasteiger partial charge in [0.05, 0.1) is 5.52 Å². The fraction of sp³-hybridized carbons (Fsp3) is 0.417. The minimum atomic E-state index is 0.353. The standard InChI is InChI=1S/C12H14N2O/c1-2-11-13-9-4-3-5-10(15)12(9)14(11)8-6-7-8/h3-5,8,15H,2,6-7H2,1H3. The zero-order valence-electron chi connectivity index (χ0n) is 8.77. The quantitative estimate of drug-likeness (QED) is 0.813. The van der Waals surface area contributed by atoms with Crippen molar-refractivity contribution >= 4 is 11.0 Å². The molecule has 1 aliphatic carbocycles. The van der Waals surface area contributed by atoms with E-state index in [-0.39, 0.29) is 0 Å². The van der Waals surface area contributed by atoms with Crippen molar-refractivity contribution in [2.45, 2.75) is 32.2 Å². The first kappa shape index (κ1) is 8.77. The topological polar surface area (TPSA) is 38.1 Å². The number of hydrogen-bond acceptors (Lipinski definition) is 2. The van der Waals surface area contributed by atoms with Gasteiger partial charge in [-0.05, 0) is 25.0 Å². The van der Waals surface area contributed by atoms with Crippen LogP contribution in [0.4, 0.5) is 0 Å². The van der Waals surface area contributed by atoms with Crippen molar-refractivity contribution in [3.05, 3.63) is 24.0 Å². The van der Waals surface area contributed by atoms with Crippen LogP contribution in [0, 0.1) is 0 Å². The molecular formula is C12H14N2O. The van der Waals surface area contributed by atoms with E-state index >= 15 is 0 Å². The van der Waals surface area contributed by atoms with Crippen LogP contribution in [-0.2, 0) is 6.42 Å². The molecule has 0 atom stereocenters. The summed E-state index contributed by atoms with van der Waals surface area (Å²) in [5, 5.41) is 9.88. The Morgan fingerprint density at radius 1 is 1.47 bits per heavy atom. The molecule has 0 amide bonds. The van der Waals surface area contributed by atoms with Gasteiger partial charge in [-0.3, -0.25) is 0 Å². The first-order valence-corrected chi connectivity index (χ1v) is 5.50. The number of aromatic hydroxyl groups is 1. The summed E-state index contributed by atoms with van der Waals surface area (Å²) in [6, 6.07) is 6.12. The van der Waals surface area contributed by atoms with E-state index in [0.717, 1.165) is 23.3 Å². The maximum absolute atomic E-state index is 9.88. The number of benzene rings is 1. The molecule has 1 heterocycles. The van der Waals surface area contributed by atoms with Gasteiger partial charge in [-0.2, -0.15) is 0 Å². The van der Waals surface area contributed by atoms with Crippen molar-refractivity contribution in [3.8, 4) is 5.75 Å². The van der Waals surface area contributed by atoms with Crippen LogP contribution >= 0.6 is 0 Å². The maximum Gasteiger partial charge on any atom is 0.141 e. The lowest BCUT2D eigenvalue weighted by molar-refractivity contribution is 0.477. The van der Waals surface area contributed by atoms with Crippen molar-refractivity contribution in [3.63, 3.8) is 0 Å². The first-order chi connectivity index (χ1) is 7.31. The highest BCUT2D eigenvalue weighted by atomic mass is 16.3. The van der Waals surface area contributed by atoms with Crippen LogP contribution in [0.5, 0.6) is 5.75 Å². The van der Waals surface area contributed by atoms with Gasteiger partial charge in [0.25, 0.3) is 0 Å². The van der Waals surface area contributed by atoms with Gasteiger partial charge in [0.15, 0.2) is 0 Å². The zero-order valence-corrected chi connectivity index (χ0v) is 8.77. The second-order valence-electron chi connectivity index (χ2n) is 4.13. The van der Waals surface area contributed by atoms with Crippen molar-refractivity contribution in [2.24, 2.45) is 0 Å². The van der Waals surface area contributed by atoms with Crippen LogP contribution < -0.4 is 0 Å². The molecule has 0 aliphatic heterocycles. The molecule has 1 N–H and O–H groups in total. The third-order valence-corrected chi connectivity index (χ3v) is 2.99. The van der Waals surface area contributed by atoms with E-state index < -0.39 is 0 Å². The minimum Gasteiger partial charge on any atom is -0.506 e. The van der Waals surface area contributed by atoms with Crippen molar-refractivity contribution in [1.29, 1.82) is 0 Å². The Hall–Kier alpha value is -1.51. The van der Waals surface area contributed by atoms with Crippen molar-refractivity contribution in [1.82, 2.24) is 9.55 Å². The molecule has 2 aromatic rings. The Labute approximate surface area is 88.4 Å². The molecule has 3 rings (SSSR count). The molecule has 3 nitrogen and oxygen atoms in total. The molecule has 0 spiro atoms. The van der Waals surface area contributed by atoms with Gasteiger partial charge in [-0.15, -0.1) is 0 Å². The van der Waals surface area contributed by atoms with Gasteiger partial charge >= 0.3 is 0 Å². The molecule has 15 heavy (non-hydrogen) atoms. The number of imidazole rings is 1. The summed E-state index contributed by atoms with van der Waals surface area (Å²) in [6.07, 6.45) is 3.35. The fourth-order valence-corrected chi connectivity index (χ4v) is 2.15. The van der Waals surface area contributed by atoms with Gasteiger partial charge in [0, 0.05) is 12.5 Å². The van der Waals surface area contributed by atoms with Gasteiger partial charge in [0.1, 0.15) is 17.1 Å². The molecule has 78 valence electrons. The number of nitrogens with zero attached hydrogens (tertiary/aromatic N) is 2. The molecule has 1 aromatic carbocycles. The largest absolute Gasteiger partial charge is 0.506 e. The summed E-state index contributed by atoms with van der Waals surface area (Å²) >= 11 is 0. The lowest BCUT2D eigenvalue weighted by Crippen LogP contribution is -1.99. The third kappa shape index (κ3) is 1.23. The second kappa shape index (κ2) is 2.99. The average Bonchev–Trinajstić information content (AvgIpc) is 2.99. The number of aryl methyl sites for hydroxylation is 1. The van der Waals surface area contributed by atoms with E-state index in [1.165, 1.54) is 12.8 Å². The van der Waals surface area contributed by atoms with Gasteiger partial charge in [0.2, 0.25) is 0 Å². The summed E-state index contributed by atoms with van der Waals surface area (Å²) in [5.74, 6) is 1.44. The number of phenols is 1. The van der Waals surface area contributed by atoms with E-state index in [1.807, 2.05) is 12.1 Å². The smallest absolute Gasteiger partial charge is 0.141 e. The predicted molar refractivity (Wildman–Crippen MR) is 59.0 cm³/mol. The highest BCUT2D eigenvalue weighted by Gasteiger charge is 2.28. The Balaban J connectivity index is 2.35. The summed E-state index contributed by atoms with van der Waals surface area (Å²) in [7, 11) is 0. The summed E-state index contributed by atoms with van der Waals surface area (Å²) in [4.78, 5) is 4.56. The molecule has 3 heteroatoms. The van der Waals surface area contributed by atoms with Crippen LogP contribution in [0.15, 0.2) is 18.2 Å².